The average Bonchev–Trinajstić information content (AvgIpc) is 2.64. The number of hydrogen-bond acceptors (Lipinski definition) is 0. The second kappa shape index (κ2) is 5.06. The minimum absolute atomic E-state index is 0.268. The van der Waals surface area contributed by atoms with E-state index in [-0.39, 0.29) is 4.90 Å². The van der Waals surface area contributed by atoms with Gasteiger partial charge in [-0.3, -0.25) is 0 Å². The van der Waals surface area contributed by atoms with Gasteiger partial charge in [-0.15, -0.1) is 0 Å². The average molecular weight is 309 g/mol. The van der Waals surface area contributed by atoms with Crippen molar-refractivity contribution in [1.82, 2.24) is 0 Å². The third-order valence-electron chi connectivity index (χ3n) is 3.32. The first-order valence-corrected chi connectivity index (χ1v) is 8.74. The molecule has 0 spiro atoms. The van der Waals surface area contributed by atoms with Crippen molar-refractivity contribution in [3.05, 3.63) is 34.2 Å². The summed E-state index contributed by atoms with van der Waals surface area (Å²) in [5, 5.41) is 0. The van der Waals surface area contributed by atoms with Gasteiger partial charge >= 0.3 is 5.51 Å². The van der Waals surface area contributed by atoms with Crippen LogP contribution in [-0.4, -0.2) is 5.51 Å². The van der Waals surface area contributed by atoms with Crippen LogP contribution < -0.4 is 0 Å². The fourth-order valence-corrected chi connectivity index (χ4v) is 5.55. The second-order valence-electron chi connectivity index (χ2n) is 4.53. The van der Waals surface area contributed by atoms with Crippen LogP contribution in [0.25, 0.3) is 6.08 Å². The van der Waals surface area contributed by atoms with E-state index in [4.69, 9.17) is 10.7 Å². The topological polar surface area (TPSA) is 0 Å². The van der Waals surface area contributed by atoms with Gasteiger partial charge in [0.15, 0.2) is 0 Å². The molecule has 0 saturated carbocycles. The first kappa shape index (κ1) is 14.8. The van der Waals surface area contributed by atoms with Crippen molar-refractivity contribution < 1.29 is 13.2 Å². The largest absolute Gasteiger partial charge is 0.445 e. The zero-order chi connectivity index (χ0) is 14.3. The summed E-state index contributed by atoms with van der Waals surface area (Å²) >= 11 is 0. The third-order valence-corrected chi connectivity index (χ3v) is 7.58. The maximum absolute atomic E-state index is 13.5. The van der Waals surface area contributed by atoms with Crippen molar-refractivity contribution >= 4 is 26.0 Å². The highest BCUT2D eigenvalue weighted by Gasteiger charge is 2.55. The Kier molecular flexibility index (Phi) is 3.94. The van der Waals surface area contributed by atoms with Gasteiger partial charge in [0.05, 0.1) is 0 Å². The molecule has 0 aromatic heterocycles. The number of aryl methyl sites for hydroxylation is 1. The molecule has 1 atom stereocenters. The first-order valence-electron chi connectivity index (χ1n) is 6.28. The number of fused-ring (bicyclic) bond motifs is 1. The van der Waals surface area contributed by atoms with E-state index in [1.165, 1.54) is 6.07 Å². The molecule has 0 bridgehead atoms. The van der Waals surface area contributed by atoms with Crippen molar-refractivity contribution in [1.29, 1.82) is 0 Å². The molecule has 0 aliphatic carbocycles. The van der Waals surface area contributed by atoms with Gasteiger partial charge < -0.3 is 0 Å². The SMILES string of the molecule is CCCC1=Cc2c(CC)cccc2S1(Cl)C(F)(F)F. The van der Waals surface area contributed by atoms with Crippen molar-refractivity contribution in [3.63, 3.8) is 0 Å². The molecule has 1 aliphatic heterocycles. The second-order valence-corrected chi connectivity index (χ2v) is 8.42. The Balaban J connectivity index is 2.66. The molecule has 0 radical (unpaired) electrons. The lowest BCUT2D eigenvalue weighted by Crippen LogP contribution is -2.16. The molecule has 0 amide bonds. The van der Waals surface area contributed by atoms with E-state index in [2.05, 4.69) is 0 Å². The molecule has 5 heteroatoms. The van der Waals surface area contributed by atoms with Crippen molar-refractivity contribution in [2.24, 2.45) is 0 Å². The lowest BCUT2D eigenvalue weighted by Gasteiger charge is -2.34. The maximum atomic E-state index is 13.5. The molecule has 0 fully saturated rings. The zero-order valence-electron chi connectivity index (χ0n) is 10.9. The summed E-state index contributed by atoms with van der Waals surface area (Å²) < 4.78 is 40.5. The summed E-state index contributed by atoms with van der Waals surface area (Å²) in [7, 11) is 2.76. The van der Waals surface area contributed by atoms with Gasteiger partial charge in [0, 0.05) is 4.90 Å². The van der Waals surface area contributed by atoms with Crippen LogP contribution in [-0.2, 0) is 6.42 Å². The van der Waals surface area contributed by atoms with Crippen LogP contribution in [0.3, 0.4) is 0 Å². The predicted molar refractivity (Wildman–Crippen MR) is 76.5 cm³/mol. The quantitative estimate of drug-likeness (QED) is 0.620. The van der Waals surface area contributed by atoms with Gasteiger partial charge in [0.2, 0.25) is 0 Å². The Morgan fingerprint density at radius 3 is 2.42 bits per heavy atom. The van der Waals surface area contributed by atoms with Crippen LogP contribution in [0, 0.1) is 0 Å². The number of halogens is 4. The van der Waals surface area contributed by atoms with Crippen LogP contribution in [0.4, 0.5) is 13.2 Å². The smallest absolute Gasteiger partial charge is 0.160 e. The minimum Gasteiger partial charge on any atom is -0.160 e. The molecule has 2 rings (SSSR count). The molecule has 0 N–H and O–H groups in total. The lowest BCUT2D eigenvalue weighted by molar-refractivity contribution is -0.0359. The first-order chi connectivity index (χ1) is 8.86. The number of hydrogen-bond donors (Lipinski definition) is 0. The minimum atomic E-state index is -4.40. The summed E-state index contributed by atoms with van der Waals surface area (Å²) in [5.74, 6) is 0. The summed E-state index contributed by atoms with van der Waals surface area (Å²) in [5.41, 5.74) is -2.77. The van der Waals surface area contributed by atoms with E-state index < -0.39 is 14.7 Å². The normalized spacial score (nSPS) is 25.7. The molecule has 1 aromatic carbocycles. The van der Waals surface area contributed by atoms with Gasteiger partial charge in [-0.1, -0.05) is 32.4 Å². The maximum Gasteiger partial charge on any atom is 0.445 e. The molecule has 1 heterocycles. The predicted octanol–water partition coefficient (Wildman–Crippen LogP) is 6.24. The van der Waals surface area contributed by atoms with Gasteiger partial charge in [0.1, 0.15) is 0 Å². The van der Waals surface area contributed by atoms with Crippen LogP contribution in [0.15, 0.2) is 28.0 Å². The zero-order valence-corrected chi connectivity index (χ0v) is 12.4. The molecule has 1 unspecified atom stereocenters. The monoisotopic (exact) mass is 308 g/mol. The van der Waals surface area contributed by atoms with E-state index in [0.29, 0.717) is 29.7 Å². The highest BCUT2D eigenvalue weighted by Crippen LogP contribution is 2.80. The van der Waals surface area contributed by atoms with E-state index >= 15 is 0 Å². The number of allylic oxidation sites excluding steroid dienone is 1. The molecular formula is C14H16ClF3S. The van der Waals surface area contributed by atoms with Gasteiger partial charge in [0.25, 0.3) is 0 Å². The fraction of sp³-hybridized carbons (Fsp3) is 0.429. The highest BCUT2D eigenvalue weighted by molar-refractivity contribution is 8.54. The highest BCUT2D eigenvalue weighted by atomic mass is 35.7. The van der Waals surface area contributed by atoms with Crippen molar-refractivity contribution in [2.45, 2.75) is 43.5 Å². The molecule has 1 aromatic rings. The Morgan fingerprint density at radius 1 is 1.21 bits per heavy atom. The lowest BCUT2D eigenvalue weighted by atomic mass is 10.0. The van der Waals surface area contributed by atoms with Crippen LogP contribution >= 0.6 is 19.9 Å². The third kappa shape index (κ3) is 2.19. The Labute approximate surface area is 117 Å². The van der Waals surface area contributed by atoms with Crippen molar-refractivity contribution in [2.75, 3.05) is 0 Å². The standard InChI is InChI=1S/C14H16ClF3S/c1-3-6-11-9-12-10(4-2)7-5-8-13(12)19(11,15)14(16,17)18/h5,7-9H,3-4,6H2,1-2H3. The Hall–Kier alpha value is -0.610. The molecule has 0 nitrogen and oxygen atoms in total. The molecule has 0 saturated heterocycles. The van der Waals surface area contributed by atoms with Crippen LogP contribution in [0.1, 0.15) is 37.8 Å². The number of benzene rings is 1. The Morgan fingerprint density at radius 2 is 1.89 bits per heavy atom. The molecule has 106 valence electrons. The van der Waals surface area contributed by atoms with Gasteiger partial charge in [-0.2, -0.15) is 13.2 Å². The van der Waals surface area contributed by atoms with Gasteiger partial charge in [-0.05, 0) is 60.9 Å². The molecule has 19 heavy (non-hydrogen) atoms. The summed E-state index contributed by atoms with van der Waals surface area (Å²) in [6.45, 7) is 3.82. The van der Waals surface area contributed by atoms with Gasteiger partial charge in [-0.25, -0.2) is 0 Å². The van der Waals surface area contributed by atoms with Crippen molar-refractivity contribution in [3.8, 4) is 0 Å². The fourth-order valence-electron chi connectivity index (χ4n) is 2.42. The number of rotatable bonds is 3. The Bertz CT molecular complexity index is 522. The number of alkyl halides is 3. The molecular weight excluding hydrogens is 293 g/mol. The van der Waals surface area contributed by atoms with Crippen LogP contribution in [0.5, 0.6) is 0 Å². The van der Waals surface area contributed by atoms with E-state index in [1.807, 2.05) is 19.9 Å². The summed E-state index contributed by atoms with van der Waals surface area (Å²) in [6, 6.07) is 5.08. The molecule has 1 aliphatic rings. The summed E-state index contributed by atoms with van der Waals surface area (Å²) in [4.78, 5) is 0.615. The van der Waals surface area contributed by atoms with E-state index in [1.54, 1.807) is 12.1 Å². The van der Waals surface area contributed by atoms with E-state index in [0.717, 1.165) is 5.56 Å². The van der Waals surface area contributed by atoms with E-state index in [9.17, 15) is 13.2 Å². The summed E-state index contributed by atoms with van der Waals surface area (Å²) in [6.07, 6.45) is 3.45. The van der Waals surface area contributed by atoms with Crippen LogP contribution in [0.2, 0.25) is 0 Å².